The van der Waals surface area contributed by atoms with E-state index < -0.39 is 0 Å². The minimum atomic E-state index is -0.104. The lowest BCUT2D eigenvalue weighted by Crippen LogP contribution is -2.27. The third-order valence-electron chi connectivity index (χ3n) is 5.21. The molecule has 1 heterocycles. The van der Waals surface area contributed by atoms with E-state index in [9.17, 15) is 4.79 Å². The number of fused-ring (bicyclic) bond motifs is 1. The zero-order valence-electron chi connectivity index (χ0n) is 16.6. The van der Waals surface area contributed by atoms with Gasteiger partial charge < -0.3 is 16.0 Å². The summed E-state index contributed by atoms with van der Waals surface area (Å²) in [5, 5.41) is 3.08. The average molecular weight is 425 g/mol. The summed E-state index contributed by atoms with van der Waals surface area (Å²) >= 11 is 0. The summed E-state index contributed by atoms with van der Waals surface area (Å²) in [6, 6.07) is 9.90. The summed E-state index contributed by atoms with van der Waals surface area (Å²) in [7, 11) is 3.91. The van der Waals surface area contributed by atoms with Crippen LogP contribution in [-0.2, 0) is 6.42 Å². The van der Waals surface area contributed by atoms with Crippen LogP contribution in [0.2, 0.25) is 0 Å². The number of carbonyl (C=O) groups is 1. The van der Waals surface area contributed by atoms with Crippen LogP contribution in [-0.4, -0.2) is 31.5 Å². The second-order valence-corrected chi connectivity index (χ2v) is 7.28. The molecule has 1 amide bonds. The van der Waals surface area contributed by atoms with Gasteiger partial charge in [-0.25, -0.2) is 4.98 Å². The summed E-state index contributed by atoms with van der Waals surface area (Å²) in [5.41, 5.74) is 10.2. The molecule has 0 radical (unpaired) electrons. The molecule has 0 saturated heterocycles. The highest BCUT2D eigenvalue weighted by molar-refractivity contribution is 5.94. The first-order valence-corrected chi connectivity index (χ1v) is 9.26. The van der Waals surface area contributed by atoms with Gasteiger partial charge in [0.15, 0.2) is 0 Å². The molecule has 7 heteroatoms. The fraction of sp³-hybridized carbons (Fsp3) is 0.429. The van der Waals surface area contributed by atoms with Crippen molar-refractivity contribution in [1.82, 2.24) is 10.3 Å². The lowest BCUT2D eigenvalue weighted by molar-refractivity contribution is 0.0939. The standard InChI is InChI=1S/C21H28N4O.2ClH/c1-14(18-9-10-20(23-13-18)25(2)3)24-21(26)16-8-7-15-5-4-6-17(12-22)19(15)11-16;;/h7-11,13-14,17H,4-6,12,22H2,1-3H3,(H,24,26);2*1H. The Morgan fingerprint density at radius 3 is 2.64 bits per heavy atom. The van der Waals surface area contributed by atoms with Gasteiger partial charge in [-0.1, -0.05) is 12.1 Å². The van der Waals surface area contributed by atoms with E-state index in [2.05, 4.69) is 16.4 Å². The van der Waals surface area contributed by atoms with Crippen molar-refractivity contribution >= 4 is 36.5 Å². The number of nitrogens with zero attached hydrogens (tertiary/aromatic N) is 2. The molecule has 1 aromatic carbocycles. The number of aryl methyl sites for hydroxylation is 1. The van der Waals surface area contributed by atoms with Crippen molar-refractivity contribution in [3.05, 3.63) is 58.8 Å². The predicted octanol–water partition coefficient (Wildman–Crippen LogP) is 3.86. The summed E-state index contributed by atoms with van der Waals surface area (Å²) in [6.07, 6.45) is 5.17. The highest BCUT2D eigenvalue weighted by atomic mass is 35.5. The van der Waals surface area contributed by atoms with Crippen LogP contribution in [0.5, 0.6) is 0 Å². The van der Waals surface area contributed by atoms with E-state index in [1.54, 1.807) is 0 Å². The Bertz CT molecular complexity index is 780. The minimum absolute atomic E-state index is 0. The third kappa shape index (κ3) is 5.37. The van der Waals surface area contributed by atoms with E-state index in [1.807, 2.05) is 56.4 Å². The summed E-state index contributed by atoms with van der Waals surface area (Å²) in [6.45, 7) is 2.61. The topological polar surface area (TPSA) is 71.2 Å². The van der Waals surface area contributed by atoms with Crippen molar-refractivity contribution in [2.75, 3.05) is 25.5 Å². The number of anilines is 1. The molecule has 0 spiro atoms. The summed E-state index contributed by atoms with van der Waals surface area (Å²) in [4.78, 5) is 19.1. The number of pyridine rings is 1. The second-order valence-electron chi connectivity index (χ2n) is 7.28. The molecule has 5 nitrogen and oxygen atoms in total. The number of amides is 1. The average Bonchev–Trinajstić information content (AvgIpc) is 2.66. The van der Waals surface area contributed by atoms with Crippen LogP contribution in [0.25, 0.3) is 0 Å². The number of carbonyl (C=O) groups excluding carboxylic acids is 1. The Hall–Kier alpha value is -1.82. The van der Waals surface area contributed by atoms with Gasteiger partial charge >= 0.3 is 0 Å². The molecule has 0 aliphatic heterocycles. The first-order chi connectivity index (χ1) is 12.5. The van der Waals surface area contributed by atoms with Crippen LogP contribution in [0.3, 0.4) is 0 Å². The number of benzene rings is 1. The molecule has 1 aliphatic carbocycles. The van der Waals surface area contributed by atoms with Gasteiger partial charge in [-0.2, -0.15) is 0 Å². The number of hydrogen-bond acceptors (Lipinski definition) is 4. The third-order valence-corrected chi connectivity index (χ3v) is 5.21. The van der Waals surface area contributed by atoms with Crippen molar-refractivity contribution in [2.45, 2.75) is 38.1 Å². The van der Waals surface area contributed by atoms with E-state index in [-0.39, 0.29) is 36.8 Å². The van der Waals surface area contributed by atoms with Gasteiger partial charge in [0.1, 0.15) is 5.82 Å². The van der Waals surface area contributed by atoms with Gasteiger partial charge in [-0.3, -0.25) is 4.79 Å². The smallest absolute Gasteiger partial charge is 0.251 e. The second kappa shape index (κ2) is 10.6. The van der Waals surface area contributed by atoms with Crippen molar-refractivity contribution in [1.29, 1.82) is 0 Å². The Kier molecular flexibility index (Phi) is 9.21. The summed E-state index contributed by atoms with van der Waals surface area (Å²) in [5.74, 6) is 1.21. The lowest BCUT2D eigenvalue weighted by Gasteiger charge is -2.25. The maximum atomic E-state index is 12.7. The lowest BCUT2D eigenvalue weighted by atomic mass is 9.82. The van der Waals surface area contributed by atoms with Gasteiger partial charge in [0.25, 0.3) is 5.91 Å². The fourth-order valence-corrected chi connectivity index (χ4v) is 3.56. The van der Waals surface area contributed by atoms with Gasteiger partial charge in [0, 0.05) is 25.9 Å². The summed E-state index contributed by atoms with van der Waals surface area (Å²) < 4.78 is 0. The van der Waals surface area contributed by atoms with Crippen molar-refractivity contribution in [3.63, 3.8) is 0 Å². The number of rotatable bonds is 5. The van der Waals surface area contributed by atoms with Crippen LogP contribution in [0.4, 0.5) is 5.82 Å². The normalized spacial score (nSPS) is 16.1. The number of hydrogen-bond donors (Lipinski definition) is 2. The fourth-order valence-electron chi connectivity index (χ4n) is 3.56. The van der Waals surface area contributed by atoms with E-state index in [1.165, 1.54) is 17.5 Å². The minimum Gasteiger partial charge on any atom is -0.363 e. The van der Waals surface area contributed by atoms with Crippen LogP contribution in [0.15, 0.2) is 36.5 Å². The van der Waals surface area contributed by atoms with Gasteiger partial charge in [-0.15, -0.1) is 24.8 Å². The predicted molar refractivity (Wildman–Crippen MR) is 120 cm³/mol. The Morgan fingerprint density at radius 2 is 2.04 bits per heavy atom. The van der Waals surface area contributed by atoms with E-state index in [4.69, 9.17) is 5.73 Å². The quantitative estimate of drug-likeness (QED) is 0.763. The van der Waals surface area contributed by atoms with Crippen molar-refractivity contribution in [2.24, 2.45) is 5.73 Å². The molecule has 0 fully saturated rings. The first kappa shape index (κ1) is 24.2. The van der Waals surface area contributed by atoms with Crippen molar-refractivity contribution in [3.8, 4) is 0 Å². The number of halogens is 2. The Morgan fingerprint density at radius 1 is 1.29 bits per heavy atom. The molecular weight excluding hydrogens is 395 g/mol. The molecule has 2 unspecified atom stereocenters. The molecule has 2 aromatic rings. The van der Waals surface area contributed by atoms with Gasteiger partial charge in [-0.05, 0) is 73.5 Å². The molecule has 1 aliphatic rings. The van der Waals surface area contributed by atoms with Gasteiger partial charge in [0.05, 0.1) is 6.04 Å². The van der Waals surface area contributed by atoms with Gasteiger partial charge in [0.2, 0.25) is 0 Å². The van der Waals surface area contributed by atoms with Crippen LogP contribution >= 0.6 is 24.8 Å². The molecule has 0 bridgehead atoms. The monoisotopic (exact) mass is 424 g/mol. The first-order valence-electron chi connectivity index (χ1n) is 9.26. The molecule has 1 aromatic heterocycles. The van der Waals surface area contributed by atoms with E-state index in [0.29, 0.717) is 18.0 Å². The number of nitrogens with one attached hydrogen (secondary N) is 1. The van der Waals surface area contributed by atoms with Crippen LogP contribution < -0.4 is 16.0 Å². The number of nitrogens with two attached hydrogens (primary N) is 1. The van der Waals surface area contributed by atoms with Crippen molar-refractivity contribution < 1.29 is 4.79 Å². The molecular formula is C21H30Cl2N4O. The van der Waals surface area contributed by atoms with E-state index in [0.717, 1.165) is 24.2 Å². The SMILES string of the molecule is CC(NC(=O)c1ccc2c(c1)C(CN)CCC2)c1ccc(N(C)C)nc1.Cl.Cl. The Balaban J connectivity index is 0.00000196. The maximum Gasteiger partial charge on any atom is 0.251 e. The highest BCUT2D eigenvalue weighted by Gasteiger charge is 2.21. The highest BCUT2D eigenvalue weighted by Crippen LogP contribution is 2.31. The molecule has 3 rings (SSSR count). The Labute approximate surface area is 179 Å². The molecule has 3 N–H and O–H groups in total. The molecule has 2 atom stereocenters. The van der Waals surface area contributed by atoms with Crippen LogP contribution in [0, 0.1) is 0 Å². The largest absolute Gasteiger partial charge is 0.363 e. The zero-order valence-corrected chi connectivity index (χ0v) is 18.3. The molecule has 28 heavy (non-hydrogen) atoms. The maximum absolute atomic E-state index is 12.7. The van der Waals surface area contributed by atoms with Crippen LogP contribution in [0.1, 0.15) is 58.8 Å². The molecule has 154 valence electrons. The molecule has 0 saturated carbocycles. The van der Waals surface area contributed by atoms with E-state index >= 15 is 0 Å². The number of aromatic nitrogens is 1. The zero-order chi connectivity index (χ0) is 18.7.